The summed E-state index contributed by atoms with van der Waals surface area (Å²) in [6.45, 7) is 13.3. The van der Waals surface area contributed by atoms with E-state index >= 15 is 0 Å². The summed E-state index contributed by atoms with van der Waals surface area (Å²) in [4.78, 5) is 24.8. The molecule has 0 saturated heterocycles. The lowest BCUT2D eigenvalue weighted by Gasteiger charge is -2.42. The number of carbonyl (C=O) groups excluding carboxylic acids is 2. The predicted molar refractivity (Wildman–Crippen MR) is 122 cm³/mol. The van der Waals surface area contributed by atoms with Gasteiger partial charge in [-0.05, 0) is 84.0 Å². The minimum Gasteiger partial charge on any atom is -0.462 e. The summed E-state index contributed by atoms with van der Waals surface area (Å²) in [5.41, 5.74) is 6.02. The number of hydrogen-bond donors (Lipinski definition) is 0. The Morgan fingerprint density at radius 2 is 1.53 bits per heavy atom. The van der Waals surface area contributed by atoms with E-state index in [9.17, 15) is 9.59 Å². The normalized spacial score (nSPS) is 16.9. The Hall–Kier alpha value is -2.68. The van der Waals surface area contributed by atoms with Crippen molar-refractivity contribution in [1.29, 1.82) is 0 Å². The number of benzene rings is 2. The second kappa shape index (κ2) is 8.22. The Bertz CT molecular complexity index is 992. The highest BCUT2D eigenvalue weighted by Gasteiger charge is 2.37. The lowest BCUT2D eigenvalue weighted by atomic mass is 9.62. The molecule has 0 aromatic heterocycles. The number of fused-ring (bicyclic) bond motifs is 1. The Balaban J connectivity index is 1.86. The molecule has 0 bridgehead atoms. The van der Waals surface area contributed by atoms with E-state index in [2.05, 4.69) is 39.8 Å². The van der Waals surface area contributed by atoms with Gasteiger partial charge in [-0.3, -0.25) is 4.79 Å². The van der Waals surface area contributed by atoms with Crippen molar-refractivity contribution in [3.8, 4) is 0 Å². The van der Waals surface area contributed by atoms with Crippen LogP contribution in [-0.4, -0.2) is 18.4 Å². The molecule has 0 saturated carbocycles. The number of aryl methyl sites for hydroxylation is 1. The lowest BCUT2D eigenvalue weighted by Crippen LogP contribution is -2.34. The van der Waals surface area contributed by atoms with E-state index in [4.69, 9.17) is 4.74 Å². The molecular weight excluding hydrogens is 372 g/mol. The molecule has 2 aromatic rings. The van der Waals surface area contributed by atoms with Crippen LogP contribution in [0.25, 0.3) is 6.08 Å². The maximum Gasteiger partial charge on any atom is 0.338 e. The molecule has 0 atom stereocenters. The number of ether oxygens (including phenoxy) is 1. The smallest absolute Gasteiger partial charge is 0.338 e. The van der Waals surface area contributed by atoms with Crippen LogP contribution in [0.2, 0.25) is 0 Å². The number of esters is 1. The molecule has 0 aliphatic heterocycles. The van der Waals surface area contributed by atoms with E-state index in [0.717, 1.165) is 29.5 Å². The third-order valence-corrected chi connectivity index (χ3v) is 6.31. The Morgan fingerprint density at radius 3 is 2.10 bits per heavy atom. The molecule has 1 aliphatic carbocycles. The van der Waals surface area contributed by atoms with E-state index in [0.29, 0.717) is 12.2 Å². The predicted octanol–water partition coefficient (Wildman–Crippen LogP) is 6.42. The van der Waals surface area contributed by atoms with Crippen molar-refractivity contribution in [1.82, 2.24) is 0 Å². The molecule has 0 N–H and O–H groups in total. The van der Waals surface area contributed by atoms with Crippen molar-refractivity contribution in [3.05, 3.63) is 75.9 Å². The highest BCUT2D eigenvalue weighted by molar-refractivity contribution is 6.08. The third kappa shape index (κ3) is 4.40. The summed E-state index contributed by atoms with van der Waals surface area (Å²) in [5, 5.41) is 0. The second-order valence-corrected chi connectivity index (χ2v) is 9.52. The second-order valence-electron chi connectivity index (χ2n) is 9.52. The van der Waals surface area contributed by atoms with Gasteiger partial charge in [0.2, 0.25) is 0 Å². The largest absolute Gasteiger partial charge is 0.462 e. The SMILES string of the molecule is CCOC(=O)c1ccc(/C=C/C(=O)c2cc3c(cc2C)C(C)(C)CCC3(C)C)cc1. The molecule has 0 unspecified atom stereocenters. The molecule has 1 aliphatic rings. The van der Waals surface area contributed by atoms with E-state index in [1.165, 1.54) is 11.1 Å². The summed E-state index contributed by atoms with van der Waals surface area (Å²) >= 11 is 0. The molecular formula is C27H32O3. The van der Waals surface area contributed by atoms with Crippen molar-refractivity contribution in [2.24, 2.45) is 0 Å². The molecule has 3 heteroatoms. The Labute approximate surface area is 180 Å². The minimum absolute atomic E-state index is 0.00366. The van der Waals surface area contributed by atoms with Gasteiger partial charge in [0.15, 0.2) is 5.78 Å². The van der Waals surface area contributed by atoms with Gasteiger partial charge in [-0.15, -0.1) is 0 Å². The average molecular weight is 405 g/mol. The summed E-state index contributed by atoms with van der Waals surface area (Å²) in [6.07, 6.45) is 5.69. The molecule has 0 amide bonds. The van der Waals surface area contributed by atoms with Gasteiger partial charge in [0.25, 0.3) is 0 Å². The van der Waals surface area contributed by atoms with Crippen LogP contribution in [0.1, 0.15) is 90.4 Å². The molecule has 30 heavy (non-hydrogen) atoms. The van der Waals surface area contributed by atoms with Gasteiger partial charge in [-0.2, -0.15) is 0 Å². The van der Waals surface area contributed by atoms with Gasteiger partial charge in [-0.1, -0.05) is 52.0 Å². The fourth-order valence-electron chi connectivity index (χ4n) is 4.19. The van der Waals surface area contributed by atoms with Gasteiger partial charge in [-0.25, -0.2) is 4.79 Å². The topological polar surface area (TPSA) is 43.4 Å². The monoisotopic (exact) mass is 404 g/mol. The zero-order valence-corrected chi connectivity index (χ0v) is 19.0. The van der Waals surface area contributed by atoms with Crippen molar-refractivity contribution >= 4 is 17.8 Å². The van der Waals surface area contributed by atoms with Crippen LogP contribution in [0.15, 0.2) is 42.5 Å². The summed E-state index contributed by atoms with van der Waals surface area (Å²) in [7, 11) is 0. The van der Waals surface area contributed by atoms with Crippen LogP contribution in [0.4, 0.5) is 0 Å². The average Bonchev–Trinajstić information content (AvgIpc) is 2.70. The third-order valence-electron chi connectivity index (χ3n) is 6.31. The van der Waals surface area contributed by atoms with Crippen LogP contribution in [0.5, 0.6) is 0 Å². The molecule has 3 rings (SSSR count). The van der Waals surface area contributed by atoms with Crippen LogP contribution in [-0.2, 0) is 15.6 Å². The Morgan fingerprint density at radius 1 is 0.967 bits per heavy atom. The highest BCUT2D eigenvalue weighted by atomic mass is 16.5. The Kier molecular flexibility index (Phi) is 6.03. The van der Waals surface area contributed by atoms with Crippen molar-refractivity contribution < 1.29 is 14.3 Å². The quantitative estimate of drug-likeness (QED) is 0.328. The van der Waals surface area contributed by atoms with Gasteiger partial charge < -0.3 is 4.74 Å². The van der Waals surface area contributed by atoms with Crippen LogP contribution in [0, 0.1) is 6.92 Å². The first-order chi connectivity index (χ1) is 14.0. The van der Waals surface area contributed by atoms with Crippen LogP contribution >= 0.6 is 0 Å². The molecule has 3 nitrogen and oxygen atoms in total. The van der Waals surface area contributed by atoms with E-state index in [-0.39, 0.29) is 22.6 Å². The zero-order chi connectivity index (χ0) is 22.1. The zero-order valence-electron chi connectivity index (χ0n) is 19.0. The maximum atomic E-state index is 13.0. The number of rotatable bonds is 5. The number of allylic oxidation sites excluding steroid dienone is 1. The minimum atomic E-state index is -0.334. The van der Waals surface area contributed by atoms with Gasteiger partial charge >= 0.3 is 5.97 Å². The van der Waals surface area contributed by atoms with Gasteiger partial charge in [0, 0.05) is 5.56 Å². The van der Waals surface area contributed by atoms with E-state index in [1.54, 1.807) is 31.2 Å². The van der Waals surface area contributed by atoms with Gasteiger partial charge in [0.1, 0.15) is 0 Å². The first-order valence-corrected chi connectivity index (χ1v) is 10.7. The summed E-state index contributed by atoms with van der Waals surface area (Å²) in [6, 6.07) is 11.4. The van der Waals surface area contributed by atoms with E-state index < -0.39 is 0 Å². The van der Waals surface area contributed by atoms with Crippen molar-refractivity contribution in [2.75, 3.05) is 6.61 Å². The molecule has 0 spiro atoms. The fraction of sp³-hybridized carbons (Fsp3) is 0.407. The van der Waals surface area contributed by atoms with Crippen molar-refractivity contribution in [3.63, 3.8) is 0 Å². The highest BCUT2D eigenvalue weighted by Crippen LogP contribution is 2.46. The van der Waals surface area contributed by atoms with E-state index in [1.807, 2.05) is 19.1 Å². The first kappa shape index (κ1) is 22.0. The standard InChI is InChI=1S/C27H32O3/c1-7-30-25(29)20-11-8-19(9-12-20)10-13-24(28)21-17-23-22(16-18(21)2)26(3,4)14-15-27(23,5)6/h8-13,16-17H,7,14-15H2,1-6H3/b13-10+. The van der Waals surface area contributed by atoms with Crippen LogP contribution in [0.3, 0.4) is 0 Å². The number of carbonyl (C=O) groups is 2. The van der Waals surface area contributed by atoms with Gasteiger partial charge in [0.05, 0.1) is 12.2 Å². The van der Waals surface area contributed by atoms with Crippen LogP contribution < -0.4 is 0 Å². The summed E-state index contributed by atoms with van der Waals surface area (Å²) < 4.78 is 5.00. The number of hydrogen-bond acceptors (Lipinski definition) is 3. The maximum absolute atomic E-state index is 13.0. The fourth-order valence-corrected chi connectivity index (χ4v) is 4.19. The molecule has 158 valence electrons. The number of ketones is 1. The summed E-state index contributed by atoms with van der Waals surface area (Å²) in [5.74, 6) is -0.330. The van der Waals surface area contributed by atoms with Crippen molar-refractivity contribution in [2.45, 2.75) is 65.2 Å². The molecule has 0 heterocycles. The molecule has 0 fully saturated rings. The molecule has 2 aromatic carbocycles. The molecule has 0 radical (unpaired) electrons. The lowest BCUT2D eigenvalue weighted by molar-refractivity contribution is 0.0526. The first-order valence-electron chi connectivity index (χ1n) is 10.7.